The fraction of sp³-hybridized carbons (Fsp3) is 0.500. The van der Waals surface area contributed by atoms with Gasteiger partial charge in [-0.2, -0.15) is 0 Å². The van der Waals surface area contributed by atoms with Gasteiger partial charge in [0.25, 0.3) is 5.91 Å². The van der Waals surface area contributed by atoms with Crippen LogP contribution in [0.4, 0.5) is 0 Å². The first-order valence-electron chi connectivity index (χ1n) is 22.8. The molecule has 14 heteroatoms. The van der Waals surface area contributed by atoms with Gasteiger partial charge in [-0.15, -0.1) is 11.3 Å². The summed E-state index contributed by atoms with van der Waals surface area (Å²) in [5.41, 5.74) is 2.82. The molecule has 2 fully saturated rings. The number of rotatable bonds is 20. The molecule has 1 aromatic heterocycles. The molecule has 2 aliphatic rings. The molecular weight excluding hydrogens is 825 g/mol. The Labute approximate surface area is 383 Å². The SMILES string of the molecule is CC[C@@H](NC(=O)[C@@H]1C[C@H](NCCOCCN2CCC(CNC(=O)c3ccccc3)(c3nc(-c4ccccc4)cs3)CC2)CN1C(=O)[C@@H](NC(=O)[C@H](C)NC)C(C)(C)C)c1ccccc1. The molecule has 5 atom stereocenters. The number of nitrogens with one attached hydrogen (secondary N) is 5. The Balaban J connectivity index is 1.03. The van der Waals surface area contributed by atoms with Crippen molar-refractivity contribution in [3.8, 4) is 11.3 Å². The van der Waals surface area contributed by atoms with Crippen molar-refractivity contribution in [2.45, 2.75) is 95.9 Å². The minimum absolute atomic E-state index is 0.0782. The van der Waals surface area contributed by atoms with Gasteiger partial charge in [-0.3, -0.25) is 19.2 Å². The summed E-state index contributed by atoms with van der Waals surface area (Å²) >= 11 is 1.67. The van der Waals surface area contributed by atoms with Crippen molar-refractivity contribution in [1.29, 1.82) is 0 Å². The summed E-state index contributed by atoms with van der Waals surface area (Å²) in [5, 5.41) is 19.1. The maximum absolute atomic E-state index is 14.4. The van der Waals surface area contributed by atoms with E-state index in [1.54, 1.807) is 30.2 Å². The highest BCUT2D eigenvalue weighted by atomic mass is 32.1. The molecule has 0 saturated carbocycles. The van der Waals surface area contributed by atoms with E-state index in [4.69, 9.17) is 9.72 Å². The average Bonchev–Trinajstić information content (AvgIpc) is 4.00. The highest BCUT2D eigenvalue weighted by molar-refractivity contribution is 7.10. The predicted molar refractivity (Wildman–Crippen MR) is 254 cm³/mol. The van der Waals surface area contributed by atoms with Gasteiger partial charge in [0.15, 0.2) is 0 Å². The third kappa shape index (κ3) is 12.6. The number of hydrogen-bond donors (Lipinski definition) is 5. The number of nitrogens with zero attached hydrogens (tertiary/aromatic N) is 3. The number of thiazole rings is 1. The van der Waals surface area contributed by atoms with Crippen molar-refractivity contribution in [1.82, 2.24) is 41.4 Å². The van der Waals surface area contributed by atoms with Crippen molar-refractivity contribution in [2.24, 2.45) is 5.41 Å². The third-order valence-electron chi connectivity index (χ3n) is 12.7. The minimum atomic E-state index is -0.828. The number of likely N-dealkylation sites (N-methyl/N-ethyl adjacent to an activating group) is 1. The summed E-state index contributed by atoms with van der Waals surface area (Å²) in [5.74, 6) is -0.826. The van der Waals surface area contributed by atoms with Crippen molar-refractivity contribution in [3.05, 3.63) is 113 Å². The second-order valence-electron chi connectivity index (χ2n) is 18.3. The topological polar surface area (TPSA) is 157 Å². The van der Waals surface area contributed by atoms with E-state index in [0.29, 0.717) is 51.3 Å². The Morgan fingerprint density at radius 1 is 0.906 bits per heavy atom. The average molecular weight is 893 g/mol. The lowest BCUT2D eigenvalue weighted by Crippen LogP contribution is -2.59. The standard InChI is InChI=1S/C50H68N8O5S/c1-7-40(36-17-11-8-12-18-36)54-46(61)42-31-39(32-58(42)47(62)43(49(3,4)5)56-44(59)35(2)51-6)52-25-29-63-30-28-57-26-23-50(24-27-57,34-53-45(60)38-21-15-10-16-22-38)48-55-41(33-64-48)37-19-13-9-14-20-37/h8-22,33,35,39-40,42-43,51-52H,7,23-32,34H2,1-6H3,(H,53,60)(H,54,61)(H,56,59)/t35-,39-,40+,42-,43+/m0/s1. The Hall–Kier alpha value is -4.99. The van der Waals surface area contributed by atoms with Crippen molar-refractivity contribution in [2.75, 3.05) is 59.5 Å². The quantitative estimate of drug-likeness (QED) is 0.0718. The lowest BCUT2D eigenvalue weighted by molar-refractivity contribution is -0.144. The molecule has 6 rings (SSSR count). The molecule has 0 aliphatic carbocycles. The molecule has 2 saturated heterocycles. The number of ether oxygens (including phenoxy) is 1. The van der Waals surface area contributed by atoms with Gasteiger partial charge in [0.05, 0.1) is 31.0 Å². The van der Waals surface area contributed by atoms with Gasteiger partial charge in [0, 0.05) is 54.1 Å². The van der Waals surface area contributed by atoms with Crippen LogP contribution >= 0.6 is 11.3 Å². The number of amides is 4. The molecule has 64 heavy (non-hydrogen) atoms. The molecule has 4 amide bonds. The van der Waals surface area contributed by atoms with E-state index in [0.717, 1.165) is 54.3 Å². The van der Waals surface area contributed by atoms with Gasteiger partial charge in [-0.1, -0.05) is 107 Å². The van der Waals surface area contributed by atoms with Crippen LogP contribution in [0.1, 0.15) is 87.3 Å². The lowest BCUT2D eigenvalue weighted by Gasteiger charge is -2.40. The van der Waals surface area contributed by atoms with Crippen LogP contribution in [0.3, 0.4) is 0 Å². The molecule has 2 aliphatic heterocycles. The maximum atomic E-state index is 14.4. The number of benzene rings is 3. The number of carbonyl (C=O) groups excluding carboxylic acids is 4. The molecule has 0 radical (unpaired) electrons. The van der Waals surface area contributed by atoms with Gasteiger partial charge < -0.3 is 41.1 Å². The number of hydrogen-bond acceptors (Lipinski definition) is 10. The molecule has 3 aromatic carbocycles. The van der Waals surface area contributed by atoms with Crippen LogP contribution in [0, 0.1) is 5.41 Å². The molecule has 13 nitrogen and oxygen atoms in total. The molecule has 5 N–H and O–H groups in total. The Morgan fingerprint density at radius 3 is 2.20 bits per heavy atom. The zero-order valence-electron chi connectivity index (χ0n) is 38.4. The number of carbonyl (C=O) groups is 4. The fourth-order valence-corrected chi connectivity index (χ4v) is 9.65. The zero-order chi connectivity index (χ0) is 45.7. The highest BCUT2D eigenvalue weighted by Gasteiger charge is 2.45. The molecule has 0 bridgehead atoms. The smallest absolute Gasteiger partial charge is 0.251 e. The maximum Gasteiger partial charge on any atom is 0.251 e. The minimum Gasteiger partial charge on any atom is -0.379 e. The van der Waals surface area contributed by atoms with Gasteiger partial charge in [0.2, 0.25) is 17.7 Å². The Bertz CT molecular complexity index is 2110. The molecule has 0 unspecified atom stereocenters. The number of aromatic nitrogens is 1. The van der Waals surface area contributed by atoms with Gasteiger partial charge in [0.1, 0.15) is 17.1 Å². The first-order valence-corrected chi connectivity index (χ1v) is 23.7. The second kappa shape index (κ2) is 22.8. The second-order valence-corrected chi connectivity index (χ2v) is 19.1. The Morgan fingerprint density at radius 2 is 1.56 bits per heavy atom. The molecule has 3 heterocycles. The van der Waals surface area contributed by atoms with E-state index in [2.05, 4.69) is 49.0 Å². The summed E-state index contributed by atoms with van der Waals surface area (Å²) in [6.45, 7) is 14.5. The fourth-order valence-electron chi connectivity index (χ4n) is 8.56. The van der Waals surface area contributed by atoms with E-state index in [9.17, 15) is 19.2 Å². The molecular formula is C50H68N8O5S. The van der Waals surface area contributed by atoms with E-state index in [-0.39, 0.29) is 41.1 Å². The highest BCUT2D eigenvalue weighted by Crippen LogP contribution is 2.39. The van der Waals surface area contributed by atoms with Gasteiger partial charge in [-0.25, -0.2) is 4.98 Å². The number of likely N-dealkylation sites (tertiary alicyclic amines) is 2. The van der Waals surface area contributed by atoms with Gasteiger partial charge >= 0.3 is 0 Å². The Kier molecular flexibility index (Phi) is 17.2. The lowest BCUT2D eigenvalue weighted by atomic mass is 9.78. The van der Waals surface area contributed by atoms with E-state index in [1.807, 2.05) is 107 Å². The van der Waals surface area contributed by atoms with Crippen LogP contribution in [-0.2, 0) is 24.5 Å². The normalized spacial score (nSPS) is 19.1. The van der Waals surface area contributed by atoms with Crippen molar-refractivity contribution in [3.63, 3.8) is 0 Å². The summed E-state index contributed by atoms with van der Waals surface area (Å²) in [6, 6.07) is 27.1. The largest absolute Gasteiger partial charge is 0.379 e. The van der Waals surface area contributed by atoms with Crippen molar-refractivity contribution < 1.29 is 23.9 Å². The zero-order valence-corrected chi connectivity index (χ0v) is 39.2. The van der Waals surface area contributed by atoms with E-state index >= 15 is 0 Å². The first kappa shape index (κ1) is 48.5. The predicted octanol–water partition coefficient (Wildman–Crippen LogP) is 5.56. The van der Waals surface area contributed by atoms with Crippen LogP contribution in [-0.4, -0.2) is 122 Å². The summed E-state index contributed by atoms with van der Waals surface area (Å²) < 4.78 is 6.15. The number of piperidine rings is 1. The van der Waals surface area contributed by atoms with Crippen LogP contribution in [0.15, 0.2) is 96.4 Å². The molecule has 0 spiro atoms. The van der Waals surface area contributed by atoms with Gasteiger partial charge in [-0.05, 0) is 75.9 Å². The van der Waals surface area contributed by atoms with Crippen LogP contribution in [0.25, 0.3) is 11.3 Å². The first-order chi connectivity index (χ1) is 30.8. The van der Waals surface area contributed by atoms with Crippen molar-refractivity contribution >= 4 is 35.0 Å². The molecule has 344 valence electrons. The summed E-state index contributed by atoms with van der Waals surface area (Å²) in [4.78, 5) is 64.0. The monoisotopic (exact) mass is 893 g/mol. The van der Waals surface area contributed by atoms with E-state index in [1.165, 1.54) is 0 Å². The molecule has 4 aromatic rings. The van der Waals surface area contributed by atoms with Crippen LogP contribution < -0.4 is 26.6 Å². The van der Waals surface area contributed by atoms with E-state index < -0.39 is 23.5 Å². The van der Waals surface area contributed by atoms with Crippen LogP contribution in [0.5, 0.6) is 0 Å². The summed E-state index contributed by atoms with van der Waals surface area (Å²) in [7, 11) is 1.71. The summed E-state index contributed by atoms with van der Waals surface area (Å²) in [6.07, 6.45) is 2.85. The van der Waals surface area contributed by atoms with Crippen LogP contribution in [0.2, 0.25) is 0 Å². The third-order valence-corrected chi connectivity index (χ3v) is 13.8.